The molecule has 0 unspecified atom stereocenters. The molecule has 5 nitrogen and oxygen atoms in total. The Labute approximate surface area is 112 Å². The zero-order chi connectivity index (χ0) is 14.7. The van der Waals surface area contributed by atoms with Crippen molar-refractivity contribution < 1.29 is 9.72 Å². The predicted octanol–water partition coefficient (Wildman–Crippen LogP) is 2.86. The molecule has 0 aliphatic heterocycles. The summed E-state index contributed by atoms with van der Waals surface area (Å²) in [7, 11) is 3.71. The Balaban J connectivity index is 3.23. The minimum absolute atomic E-state index is 0.0439. The molecule has 0 aromatic heterocycles. The zero-order valence-corrected chi connectivity index (χ0v) is 11.9. The third kappa shape index (κ3) is 3.40. The first-order valence-electron chi connectivity index (χ1n) is 5.89. The molecule has 1 aromatic carbocycles. The van der Waals surface area contributed by atoms with Crippen molar-refractivity contribution in [3.63, 3.8) is 0 Å². The lowest BCUT2D eigenvalue weighted by Crippen LogP contribution is -2.11. The Morgan fingerprint density at radius 3 is 2.32 bits per heavy atom. The van der Waals surface area contributed by atoms with Crippen LogP contribution in [0.15, 0.2) is 23.9 Å². The second-order valence-electron chi connectivity index (χ2n) is 4.76. The van der Waals surface area contributed by atoms with Gasteiger partial charge in [0.25, 0.3) is 5.69 Å². The highest BCUT2D eigenvalue weighted by Crippen LogP contribution is 2.23. The Morgan fingerprint density at radius 2 is 1.84 bits per heavy atom. The van der Waals surface area contributed by atoms with Crippen LogP contribution in [0.5, 0.6) is 0 Å². The molecule has 1 rings (SSSR count). The monoisotopic (exact) mass is 262 g/mol. The second kappa shape index (κ2) is 5.65. The van der Waals surface area contributed by atoms with Gasteiger partial charge in [-0.05, 0) is 32.4 Å². The summed E-state index contributed by atoms with van der Waals surface area (Å²) in [6.07, 6.45) is 1.54. The fourth-order valence-electron chi connectivity index (χ4n) is 1.66. The molecule has 5 heteroatoms. The Hall–Kier alpha value is -2.17. The maximum Gasteiger partial charge on any atom is 0.272 e. The van der Waals surface area contributed by atoms with Crippen LogP contribution in [0.25, 0.3) is 0 Å². The summed E-state index contributed by atoms with van der Waals surface area (Å²) in [5.74, 6) is -0.137. The highest BCUT2D eigenvalue weighted by atomic mass is 16.6. The highest BCUT2D eigenvalue weighted by molar-refractivity contribution is 6.06. The fraction of sp³-hybridized carbons (Fsp3) is 0.357. The molecule has 0 spiro atoms. The van der Waals surface area contributed by atoms with Crippen LogP contribution in [0.3, 0.4) is 0 Å². The number of carbonyl (C=O) groups is 1. The lowest BCUT2D eigenvalue weighted by atomic mass is 10.00. The normalized spacial score (nSPS) is 11.3. The standard InChI is InChI=1S/C14H18N2O3/c1-9-7-13(16(18)19)10(2)6-12(9)14(17)8-11(3)15(4)5/h6-8H,1-5H3/b11-8-. The molecule has 0 saturated heterocycles. The maximum atomic E-state index is 12.1. The summed E-state index contributed by atoms with van der Waals surface area (Å²) in [5.41, 5.74) is 2.49. The van der Waals surface area contributed by atoms with Crippen LogP contribution in [0.4, 0.5) is 5.69 Å². The van der Waals surface area contributed by atoms with Gasteiger partial charge >= 0.3 is 0 Å². The Bertz CT molecular complexity index is 560. The van der Waals surface area contributed by atoms with Gasteiger partial charge in [-0.25, -0.2) is 0 Å². The van der Waals surface area contributed by atoms with E-state index in [0.29, 0.717) is 16.7 Å². The van der Waals surface area contributed by atoms with E-state index in [1.807, 2.05) is 25.9 Å². The van der Waals surface area contributed by atoms with E-state index in [4.69, 9.17) is 0 Å². The molecule has 0 heterocycles. The van der Waals surface area contributed by atoms with E-state index >= 15 is 0 Å². The quantitative estimate of drug-likeness (QED) is 0.362. The first kappa shape index (κ1) is 14.9. The number of carbonyl (C=O) groups excluding carboxylic acids is 1. The van der Waals surface area contributed by atoms with E-state index in [1.54, 1.807) is 19.9 Å². The van der Waals surface area contributed by atoms with E-state index < -0.39 is 4.92 Å². The summed E-state index contributed by atoms with van der Waals surface area (Å²) in [5, 5.41) is 10.8. The Morgan fingerprint density at radius 1 is 1.26 bits per heavy atom. The summed E-state index contributed by atoms with van der Waals surface area (Å²) in [4.78, 5) is 24.4. The van der Waals surface area contributed by atoms with Crippen molar-refractivity contribution in [2.45, 2.75) is 20.8 Å². The van der Waals surface area contributed by atoms with Gasteiger partial charge in [-0.2, -0.15) is 0 Å². The molecule has 102 valence electrons. The zero-order valence-electron chi connectivity index (χ0n) is 11.9. The molecule has 1 aromatic rings. The SMILES string of the molecule is C/C(=C/C(=O)c1cc(C)c([N+](=O)[O-])cc1C)N(C)C. The number of benzene rings is 1. The van der Waals surface area contributed by atoms with Crippen molar-refractivity contribution in [1.29, 1.82) is 0 Å². The smallest absolute Gasteiger partial charge is 0.272 e. The number of hydrogen-bond donors (Lipinski definition) is 0. The second-order valence-corrected chi connectivity index (χ2v) is 4.76. The number of nitrogens with zero attached hydrogens (tertiary/aromatic N) is 2. The van der Waals surface area contributed by atoms with Gasteiger partial charge in [-0.1, -0.05) is 0 Å². The fourth-order valence-corrected chi connectivity index (χ4v) is 1.66. The number of hydrogen-bond acceptors (Lipinski definition) is 4. The maximum absolute atomic E-state index is 12.1. The van der Waals surface area contributed by atoms with Crippen molar-refractivity contribution in [1.82, 2.24) is 4.90 Å². The summed E-state index contributed by atoms with van der Waals surface area (Å²) < 4.78 is 0. The number of aryl methyl sites for hydroxylation is 2. The van der Waals surface area contributed by atoms with E-state index in [1.165, 1.54) is 12.1 Å². The van der Waals surface area contributed by atoms with Gasteiger partial charge in [-0.3, -0.25) is 14.9 Å². The molecule has 0 radical (unpaired) electrons. The average Bonchev–Trinajstić information content (AvgIpc) is 2.30. The van der Waals surface area contributed by atoms with Crippen LogP contribution in [0.2, 0.25) is 0 Å². The van der Waals surface area contributed by atoms with Crippen molar-refractivity contribution in [2.75, 3.05) is 14.1 Å². The molecule has 0 N–H and O–H groups in total. The lowest BCUT2D eigenvalue weighted by Gasteiger charge is -2.12. The van der Waals surface area contributed by atoms with Gasteiger partial charge in [0.05, 0.1) is 4.92 Å². The van der Waals surface area contributed by atoms with Gasteiger partial charge in [0.2, 0.25) is 0 Å². The van der Waals surface area contributed by atoms with E-state index in [-0.39, 0.29) is 11.5 Å². The van der Waals surface area contributed by atoms with Gasteiger partial charge in [0, 0.05) is 43.1 Å². The molecule has 0 fully saturated rings. The molecular formula is C14H18N2O3. The summed E-state index contributed by atoms with van der Waals surface area (Å²) in [6, 6.07) is 3.02. The molecule has 0 amide bonds. The average molecular weight is 262 g/mol. The summed E-state index contributed by atoms with van der Waals surface area (Å²) in [6.45, 7) is 5.18. The van der Waals surface area contributed by atoms with Crippen molar-refractivity contribution in [3.05, 3.63) is 50.7 Å². The first-order chi connectivity index (χ1) is 8.73. The van der Waals surface area contributed by atoms with Crippen LogP contribution < -0.4 is 0 Å². The van der Waals surface area contributed by atoms with Crippen molar-refractivity contribution in [3.8, 4) is 0 Å². The van der Waals surface area contributed by atoms with Crippen LogP contribution in [0.1, 0.15) is 28.4 Å². The largest absolute Gasteiger partial charge is 0.381 e. The molecule has 0 aliphatic rings. The van der Waals surface area contributed by atoms with Gasteiger partial charge in [-0.15, -0.1) is 0 Å². The number of nitro groups is 1. The molecule has 0 bridgehead atoms. The minimum Gasteiger partial charge on any atom is -0.381 e. The number of nitro benzene ring substituents is 1. The molecular weight excluding hydrogens is 244 g/mol. The van der Waals surface area contributed by atoms with Gasteiger partial charge < -0.3 is 4.90 Å². The minimum atomic E-state index is -0.433. The van der Waals surface area contributed by atoms with Crippen molar-refractivity contribution >= 4 is 11.5 Å². The number of rotatable bonds is 4. The van der Waals surface area contributed by atoms with Crippen molar-refractivity contribution in [2.24, 2.45) is 0 Å². The van der Waals surface area contributed by atoms with Gasteiger partial charge in [0.1, 0.15) is 0 Å². The Kier molecular flexibility index (Phi) is 4.43. The predicted molar refractivity (Wildman–Crippen MR) is 74.3 cm³/mol. The van der Waals surface area contributed by atoms with Crippen LogP contribution in [0, 0.1) is 24.0 Å². The van der Waals surface area contributed by atoms with Crippen LogP contribution >= 0.6 is 0 Å². The molecule has 0 atom stereocenters. The van der Waals surface area contributed by atoms with Crippen LogP contribution in [-0.2, 0) is 0 Å². The van der Waals surface area contributed by atoms with E-state index in [2.05, 4.69) is 0 Å². The van der Waals surface area contributed by atoms with Gasteiger partial charge in [0.15, 0.2) is 5.78 Å². The number of ketones is 1. The molecule has 19 heavy (non-hydrogen) atoms. The van der Waals surface area contributed by atoms with Crippen LogP contribution in [-0.4, -0.2) is 29.7 Å². The van der Waals surface area contributed by atoms with E-state index in [0.717, 1.165) is 5.70 Å². The van der Waals surface area contributed by atoms with E-state index in [9.17, 15) is 14.9 Å². The third-order valence-electron chi connectivity index (χ3n) is 3.05. The third-order valence-corrected chi connectivity index (χ3v) is 3.05. The topological polar surface area (TPSA) is 63.4 Å². The highest BCUT2D eigenvalue weighted by Gasteiger charge is 2.16. The number of allylic oxidation sites excluding steroid dienone is 2. The molecule has 0 saturated carbocycles. The summed E-state index contributed by atoms with van der Waals surface area (Å²) >= 11 is 0. The lowest BCUT2D eigenvalue weighted by molar-refractivity contribution is -0.385. The first-order valence-corrected chi connectivity index (χ1v) is 5.89. The molecule has 0 aliphatic carbocycles.